The third-order valence-corrected chi connectivity index (χ3v) is 8.35. The van der Waals surface area contributed by atoms with E-state index in [4.69, 9.17) is 14.1 Å². The van der Waals surface area contributed by atoms with Gasteiger partial charge in [0.15, 0.2) is 5.76 Å². The molecule has 0 spiro atoms. The maximum Gasteiger partial charge on any atom is 0.288 e. The SMILES string of the molecule is Cc1cccc(-c2nc(COC3CCCC(CCC4SC(=O)N(C)C4=O)C3)c(-c3ccccc3)o2)c1. The Hall–Kier alpha value is -2.90. The molecule has 7 heteroatoms. The first-order valence-electron chi connectivity index (χ1n) is 12.7. The minimum atomic E-state index is -0.229. The second kappa shape index (κ2) is 11.0. The Morgan fingerprint density at radius 2 is 1.86 bits per heavy atom. The van der Waals surface area contributed by atoms with Crippen molar-refractivity contribution in [3.05, 3.63) is 65.9 Å². The average molecular weight is 505 g/mol. The molecular formula is C29H32N2O4S. The Kier molecular flexibility index (Phi) is 7.58. The second-order valence-electron chi connectivity index (χ2n) is 9.84. The molecule has 36 heavy (non-hydrogen) atoms. The summed E-state index contributed by atoms with van der Waals surface area (Å²) in [6.45, 7) is 2.46. The van der Waals surface area contributed by atoms with Gasteiger partial charge in [-0.2, -0.15) is 0 Å². The number of hydrogen-bond donors (Lipinski definition) is 0. The van der Waals surface area contributed by atoms with Gasteiger partial charge in [-0.25, -0.2) is 4.98 Å². The topological polar surface area (TPSA) is 72.6 Å². The van der Waals surface area contributed by atoms with Crippen molar-refractivity contribution in [3.8, 4) is 22.8 Å². The molecule has 2 amide bonds. The molecule has 5 rings (SSSR count). The van der Waals surface area contributed by atoms with Crippen LogP contribution < -0.4 is 0 Å². The molecule has 1 saturated carbocycles. The molecule has 3 atom stereocenters. The Labute approximate surface area is 216 Å². The van der Waals surface area contributed by atoms with E-state index in [1.165, 1.54) is 16.7 Å². The van der Waals surface area contributed by atoms with Crippen LogP contribution in [0.2, 0.25) is 0 Å². The standard InChI is InChI=1S/C29H32N2O4S/c1-19-8-6-12-22(16-19)27-30-24(26(35-27)21-10-4-3-5-11-21)18-34-23-13-7-9-20(17-23)14-15-25-28(32)31(2)29(33)36-25/h3-6,8,10-12,16,20,23,25H,7,9,13-15,17-18H2,1-2H3. The van der Waals surface area contributed by atoms with Crippen LogP contribution in [0.25, 0.3) is 22.8 Å². The molecule has 1 aromatic heterocycles. The smallest absolute Gasteiger partial charge is 0.288 e. The fraction of sp³-hybridized carbons (Fsp3) is 0.414. The van der Waals surface area contributed by atoms with Crippen molar-refractivity contribution in [2.24, 2.45) is 5.92 Å². The molecular weight excluding hydrogens is 472 g/mol. The van der Waals surface area contributed by atoms with Gasteiger partial charge in [0, 0.05) is 18.2 Å². The lowest BCUT2D eigenvalue weighted by molar-refractivity contribution is -0.125. The minimum absolute atomic E-state index is 0.0579. The van der Waals surface area contributed by atoms with Crippen LogP contribution in [0.1, 0.15) is 49.8 Å². The quantitative estimate of drug-likeness (QED) is 0.333. The van der Waals surface area contributed by atoms with Crippen molar-refractivity contribution in [3.63, 3.8) is 0 Å². The zero-order valence-electron chi connectivity index (χ0n) is 20.8. The van der Waals surface area contributed by atoms with Crippen molar-refractivity contribution in [1.29, 1.82) is 0 Å². The van der Waals surface area contributed by atoms with E-state index in [-0.39, 0.29) is 22.5 Å². The van der Waals surface area contributed by atoms with E-state index < -0.39 is 0 Å². The number of aryl methyl sites for hydroxylation is 1. The second-order valence-corrected chi connectivity index (χ2v) is 11.0. The van der Waals surface area contributed by atoms with E-state index >= 15 is 0 Å². The van der Waals surface area contributed by atoms with Crippen molar-refractivity contribution in [1.82, 2.24) is 9.88 Å². The van der Waals surface area contributed by atoms with Gasteiger partial charge in [-0.05, 0) is 50.7 Å². The summed E-state index contributed by atoms with van der Waals surface area (Å²) in [6.07, 6.45) is 6.10. The molecule has 2 aliphatic rings. The molecule has 3 unspecified atom stereocenters. The maximum atomic E-state index is 12.2. The van der Waals surface area contributed by atoms with Crippen molar-refractivity contribution in [2.45, 2.75) is 63.4 Å². The number of nitrogens with zero attached hydrogens (tertiary/aromatic N) is 2. The Morgan fingerprint density at radius 1 is 1.06 bits per heavy atom. The van der Waals surface area contributed by atoms with Gasteiger partial charge < -0.3 is 9.15 Å². The van der Waals surface area contributed by atoms with Gasteiger partial charge in [-0.15, -0.1) is 0 Å². The van der Waals surface area contributed by atoms with Crippen LogP contribution in [-0.4, -0.2) is 39.4 Å². The fourth-order valence-corrected chi connectivity index (χ4v) is 6.15. The van der Waals surface area contributed by atoms with Crippen LogP contribution in [0.4, 0.5) is 4.79 Å². The summed E-state index contributed by atoms with van der Waals surface area (Å²) in [5, 5.41) is -0.367. The van der Waals surface area contributed by atoms with E-state index in [0.717, 1.165) is 66.7 Å². The maximum absolute atomic E-state index is 12.2. The van der Waals surface area contributed by atoms with E-state index in [9.17, 15) is 9.59 Å². The van der Waals surface area contributed by atoms with Gasteiger partial charge in [0.05, 0.1) is 18.0 Å². The van der Waals surface area contributed by atoms with Gasteiger partial charge in [-0.3, -0.25) is 14.5 Å². The summed E-state index contributed by atoms with van der Waals surface area (Å²) < 4.78 is 12.7. The highest BCUT2D eigenvalue weighted by molar-refractivity contribution is 8.15. The predicted molar refractivity (Wildman–Crippen MR) is 141 cm³/mol. The zero-order valence-corrected chi connectivity index (χ0v) is 21.6. The van der Waals surface area contributed by atoms with E-state index in [2.05, 4.69) is 19.1 Å². The number of ether oxygens (including phenoxy) is 1. The third kappa shape index (κ3) is 5.57. The molecule has 0 radical (unpaired) electrons. The fourth-order valence-electron chi connectivity index (χ4n) is 5.14. The number of thioether (sulfide) groups is 1. The van der Waals surface area contributed by atoms with Crippen LogP contribution in [0.15, 0.2) is 59.0 Å². The van der Waals surface area contributed by atoms with Gasteiger partial charge >= 0.3 is 0 Å². The summed E-state index contributed by atoms with van der Waals surface area (Å²) in [7, 11) is 1.57. The lowest BCUT2D eigenvalue weighted by Crippen LogP contribution is -2.28. The zero-order chi connectivity index (χ0) is 25.1. The number of hydrogen-bond acceptors (Lipinski definition) is 6. The summed E-state index contributed by atoms with van der Waals surface area (Å²) in [5.41, 5.74) is 3.92. The number of carbonyl (C=O) groups excluding carboxylic acids is 2. The van der Waals surface area contributed by atoms with Crippen LogP contribution in [-0.2, 0) is 16.1 Å². The number of imide groups is 1. The Balaban J connectivity index is 1.24. The van der Waals surface area contributed by atoms with Crippen LogP contribution in [0.5, 0.6) is 0 Å². The molecule has 1 aliphatic heterocycles. The highest BCUT2D eigenvalue weighted by Gasteiger charge is 2.37. The Morgan fingerprint density at radius 3 is 2.61 bits per heavy atom. The molecule has 1 aliphatic carbocycles. The Bertz CT molecular complexity index is 1230. The van der Waals surface area contributed by atoms with Gasteiger partial charge in [0.25, 0.3) is 5.24 Å². The predicted octanol–water partition coefficient (Wildman–Crippen LogP) is 6.87. The number of benzene rings is 2. The van der Waals surface area contributed by atoms with Crippen LogP contribution in [0, 0.1) is 12.8 Å². The normalized spacial score (nSPS) is 22.4. The highest BCUT2D eigenvalue weighted by atomic mass is 32.2. The summed E-state index contributed by atoms with van der Waals surface area (Å²) in [5.74, 6) is 1.81. The molecule has 188 valence electrons. The highest BCUT2D eigenvalue weighted by Crippen LogP contribution is 2.36. The number of oxazole rings is 1. The molecule has 3 aromatic rings. The van der Waals surface area contributed by atoms with Gasteiger partial charge in [-0.1, -0.05) is 72.6 Å². The number of rotatable bonds is 8. The first-order chi connectivity index (χ1) is 17.5. The van der Waals surface area contributed by atoms with Crippen LogP contribution in [0.3, 0.4) is 0 Å². The van der Waals surface area contributed by atoms with Crippen molar-refractivity contribution in [2.75, 3.05) is 7.05 Å². The number of amides is 2. The van der Waals surface area contributed by atoms with Gasteiger partial charge in [0.1, 0.15) is 5.69 Å². The van der Waals surface area contributed by atoms with Gasteiger partial charge in [0.2, 0.25) is 11.8 Å². The first-order valence-corrected chi connectivity index (χ1v) is 13.6. The molecule has 6 nitrogen and oxygen atoms in total. The molecule has 1 saturated heterocycles. The summed E-state index contributed by atoms with van der Waals surface area (Å²) >= 11 is 1.17. The first kappa shape index (κ1) is 24.8. The lowest BCUT2D eigenvalue weighted by atomic mass is 9.84. The molecule has 0 bridgehead atoms. The molecule has 2 aromatic carbocycles. The van der Waals surface area contributed by atoms with E-state index in [0.29, 0.717) is 18.4 Å². The third-order valence-electron chi connectivity index (χ3n) is 7.15. The molecule has 2 heterocycles. The van der Waals surface area contributed by atoms with Crippen molar-refractivity contribution >= 4 is 22.9 Å². The lowest BCUT2D eigenvalue weighted by Gasteiger charge is -2.29. The van der Waals surface area contributed by atoms with Crippen LogP contribution >= 0.6 is 11.8 Å². The average Bonchev–Trinajstić information content (AvgIpc) is 3.44. The summed E-state index contributed by atoms with van der Waals surface area (Å²) in [4.78, 5) is 30.1. The minimum Gasteiger partial charge on any atom is -0.436 e. The molecule has 0 N–H and O–H groups in total. The number of carbonyl (C=O) groups is 2. The van der Waals surface area contributed by atoms with Crippen molar-refractivity contribution < 1.29 is 18.7 Å². The number of aromatic nitrogens is 1. The largest absolute Gasteiger partial charge is 0.436 e. The monoisotopic (exact) mass is 504 g/mol. The molecule has 2 fully saturated rings. The van der Waals surface area contributed by atoms with E-state index in [1.54, 1.807) is 7.05 Å². The summed E-state index contributed by atoms with van der Waals surface area (Å²) in [6, 6.07) is 18.2. The van der Waals surface area contributed by atoms with E-state index in [1.807, 2.05) is 42.5 Å².